The SMILES string of the molecule is C[C@H](C(=O)Nc1ccccc1)N1CCN(Cc2ccc(C#N)cc2)CC1. The predicted octanol–water partition coefficient (Wildman–Crippen LogP) is 2.70. The smallest absolute Gasteiger partial charge is 0.241 e. The lowest BCUT2D eigenvalue weighted by molar-refractivity contribution is -0.121. The first-order valence-corrected chi connectivity index (χ1v) is 8.97. The van der Waals surface area contributed by atoms with E-state index in [0.29, 0.717) is 5.56 Å². The van der Waals surface area contributed by atoms with Crippen LogP contribution in [0.1, 0.15) is 18.1 Å². The minimum absolute atomic E-state index is 0.0387. The maximum atomic E-state index is 12.5. The average Bonchev–Trinajstić information content (AvgIpc) is 2.69. The second-order valence-corrected chi connectivity index (χ2v) is 6.65. The molecular formula is C21H24N4O. The number of benzene rings is 2. The van der Waals surface area contributed by atoms with Crippen molar-refractivity contribution in [2.24, 2.45) is 0 Å². The summed E-state index contributed by atoms with van der Waals surface area (Å²) < 4.78 is 0. The van der Waals surface area contributed by atoms with Gasteiger partial charge >= 0.3 is 0 Å². The van der Waals surface area contributed by atoms with Gasteiger partial charge in [0, 0.05) is 38.4 Å². The summed E-state index contributed by atoms with van der Waals surface area (Å²) in [6.45, 7) is 6.46. The first-order valence-electron chi connectivity index (χ1n) is 8.97. The average molecular weight is 348 g/mol. The van der Waals surface area contributed by atoms with Crippen molar-refractivity contribution in [1.82, 2.24) is 9.80 Å². The number of carbonyl (C=O) groups excluding carboxylic acids is 1. The molecule has 0 aromatic heterocycles. The molecule has 134 valence electrons. The number of nitriles is 1. The Morgan fingerprint density at radius 1 is 1.08 bits per heavy atom. The van der Waals surface area contributed by atoms with E-state index in [1.54, 1.807) is 0 Å². The Morgan fingerprint density at radius 2 is 1.73 bits per heavy atom. The molecule has 5 nitrogen and oxygen atoms in total. The standard InChI is InChI=1S/C21H24N4O/c1-17(21(26)23-20-5-3-2-4-6-20)25-13-11-24(12-14-25)16-19-9-7-18(15-22)8-10-19/h2-10,17H,11-14,16H2,1H3,(H,23,26)/t17-/m1/s1. The third-order valence-electron chi connectivity index (χ3n) is 4.86. The summed E-state index contributed by atoms with van der Waals surface area (Å²) in [6, 6.07) is 19.3. The van der Waals surface area contributed by atoms with E-state index in [0.717, 1.165) is 38.4 Å². The van der Waals surface area contributed by atoms with Crippen LogP contribution in [0.2, 0.25) is 0 Å². The molecule has 0 saturated carbocycles. The quantitative estimate of drug-likeness (QED) is 0.903. The number of hydrogen-bond acceptors (Lipinski definition) is 4. The van der Waals surface area contributed by atoms with Gasteiger partial charge in [-0.15, -0.1) is 0 Å². The molecule has 1 atom stereocenters. The van der Waals surface area contributed by atoms with Crippen molar-refractivity contribution < 1.29 is 4.79 Å². The van der Waals surface area contributed by atoms with E-state index >= 15 is 0 Å². The number of rotatable bonds is 5. The molecule has 0 aliphatic carbocycles. The van der Waals surface area contributed by atoms with Crippen LogP contribution in [0.4, 0.5) is 5.69 Å². The van der Waals surface area contributed by atoms with Crippen molar-refractivity contribution in [2.45, 2.75) is 19.5 Å². The maximum Gasteiger partial charge on any atom is 0.241 e. The lowest BCUT2D eigenvalue weighted by Gasteiger charge is -2.37. The van der Waals surface area contributed by atoms with Crippen LogP contribution >= 0.6 is 0 Å². The Kier molecular flexibility index (Phi) is 6.00. The Balaban J connectivity index is 1.48. The summed E-state index contributed by atoms with van der Waals surface area (Å²) in [7, 11) is 0. The fraction of sp³-hybridized carbons (Fsp3) is 0.333. The van der Waals surface area contributed by atoms with Gasteiger partial charge in [-0.05, 0) is 36.8 Å². The largest absolute Gasteiger partial charge is 0.325 e. The van der Waals surface area contributed by atoms with Gasteiger partial charge in [-0.2, -0.15) is 5.26 Å². The van der Waals surface area contributed by atoms with E-state index in [1.807, 2.05) is 61.5 Å². The maximum absolute atomic E-state index is 12.5. The normalized spacial score (nSPS) is 16.6. The molecule has 1 saturated heterocycles. The fourth-order valence-electron chi connectivity index (χ4n) is 3.19. The van der Waals surface area contributed by atoms with Crippen LogP contribution in [0.3, 0.4) is 0 Å². The van der Waals surface area contributed by atoms with Crippen molar-refractivity contribution in [3.05, 3.63) is 65.7 Å². The minimum Gasteiger partial charge on any atom is -0.325 e. The molecule has 1 aliphatic heterocycles. The molecular weight excluding hydrogens is 324 g/mol. The number of piperazine rings is 1. The summed E-state index contributed by atoms with van der Waals surface area (Å²) in [4.78, 5) is 17.1. The van der Waals surface area contributed by atoms with Gasteiger partial charge in [-0.25, -0.2) is 0 Å². The van der Waals surface area contributed by atoms with Crippen molar-refractivity contribution in [3.63, 3.8) is 0 Å². The molecule has 1 N–H and O–H groups in total. The van der Waals surface area contributed by atoms with Crippen LogP contribution < -0.4 is 5.32 Å². The van der Waals surface area contributed by atoms with Crippen LogP contribution in [0.5, 0.6) is 0 Å². The van der Waals surface area contributed by atoms with Crippen molar-refractivity contribution in [1.29, 1.82) is 5.26 Å². The van der Waals surface area contributed by atoms with Crippen LogP contribution in [0.15, 0.2) is 54.6 Å². The Morgan fingerprint density at radius 3 is 2.35 bits per heavy atom. The fourth-order valence-corrected chi connectivity index (χ4v) is 3.19. The van der Waals surface area contributed by atoms with E-state index in [4.69, 9.17) is 5.26 Å². The molecule has 1 aliphatic rings. The number of carbonyl (C=O) groups is 1. The molecule has 2 aromatic carbocycles. The van der Waals surface area contributed by atoms with Gasteiger partial charge in [0.15, 0.2) is 0 Å². The van der Waals surface area contributed by atoms with Crippen LogP contribution in [-0.2, 0) is 11.3 Å². The van der Waals surface area contributed by atoms with Crippen molar-refractivity contribution in [3.8, 4) is 6.07 Å². The van der Waals surface area contributed by atoms with E-state index < -0.39 is 0 Å². The van der Waals surface area contributed by atoms with E-state index in [-0.39, 0.29) is 11.9 Å². The molecule has 0 radical (unpaired) electrons. The van der Waals surface area contributed by atoms with Gasteiger partial charge in [0.05, 0.1) is 17.7 Å². The molecule has 1 amide bonds. The predicted molar refractivity (Wildman–Crippen MR) is 103 cm³/mol. The number of hydrogen-bond donors (Lipinski definition) is 1. The first-order chi connectivity index (χ1) is 12.7. The van der Waals surface area contributed by atoms with Crippen molar-refractivity contribution >= 4 is 11.6 Å². The number of anilines is 1. The van der Waals surface area contributed by atoms with Crippen molar-refractivity contribution in [2.75, 3.05) is 31.5 Å². The van der Waals surface area contributed by atoms with Crippen LogP contribution in [0.25, 0.3) is 0 Å². The summed E-state index contributed by atoms with van der Waals surface area (Å²) in [5.74, 6) is 0.0387. The molecule has 0 bridgehead atoms. The molecule has 1 fully saturated rings. The lowest BCUT2D eigenvalue weighted by Crippen LogP contribution is -2.52. The molecule has 0 unspecified atom stereocenters. The van der Waals surface area contributed by atoms with Crippen LogP contribution in [-0.4, -0.2) is 47.9 Å². The third-order valence-corrected chi connectivity index (χ3v) is 4.86. The van der Waals surface area contributed by atoms with Gasteiger partial charge in [-0.3, -0.25) is 14.6 Å². The highest BCUT2D eigenvalue weighted by atomic mass is 16.2. The van der Waals surface area contributed by atoms with Gasteiger partial charge in [0.2, 0.25) is 5.91 Å². The number of nitrogens with zero attached hydrogens (tertiary/aromatic N) is 3. The second-order valence-electron chi connectivity index (χ2n) is 6.65. The lowest BCUT2D eigenvalue weighted by atomic mass is 10.1. The minimum atomic E-state index is -0.146. The second kappa shape index (κ2) is 8.61. The van der Waals surface area contributed by atoms with E-state index in [2.05, 4.69) is 21.2 Å². The number of nitrogens with one attached hydrogen (secondary N) is 1. The van der Waals surface area contributed by atoms with Gasteiger partial charge < -0.3 is 5.32 Å². The van der Waals surface area contributed by atoms with E-state index in [9.17, 15) is 4.79 Å². The van der Waals surface area contributed by atoms with Gasteiger partial charge in [0.1, 0.15) is 0 Å². The Hall–Kier alpha value is -2.68. The number of amides is 1. The topological polar surface area (TPSA) is 59.4 Å². The summed E-state index contributed by atoms with van der Waals surface area (Å²) >= 11 is 0. The highest BCUT2D eigenvalue weighted by Gasteiger charge is 2.25. The highest BCUT2D eigenvalue weighted by Crippen LogP contribution is 2.13. The number of para-hydroxylation sites is 1. The third kappa shape index (κ3) is 4.69. The molecule has 5 heteroatoms. The Bertz CT molecular complexity index is 759. The summed E-state index contributed by atoms with van der Waals surface area (Å²) in [6.07, 6.45) is 0. The summed E-state index contributed by atoms with van der Waals surface area (Å²) in [5, 5.41) is 11.9. The first kappa shape index (κ1) is 18.1. The molecule has 26 heavy (non-hydrogen) atoms. The molecule has 0 spiro atoms. The molecule has 3 rings (SSSR count). The Labute approximate surface area is 154 Å². The highest BCUT2D eigenvalue weighted by molar-refractivity contribution is 5.94. The van der Waals surface area contributed by atoms with E-state index in [1.165, 1.54) is 5.56 Å². The van der Waals surface area contributed by atoms with Gasteiger partial charge in [0.25, 0.3) is 0 Å². The monoisotopic (exact) mass is 348 g/mol. The zero-order valence-electron chi connectivity index (χ0n) is 15.1. The zero-order chi connectivity index (χ0) is 18.4. The van der Waals surface area contributed by atoms with Crippen LogP contribution in [0, 0.1) is 11.3 Å². The summed E-state index contributed by atoms with van der Waals surface area (Å²) in [5.41, 5.74) is 2.74. The molecule has 2 aromatic rings. The van der Waals surface area contributed by atoms with Gasteiger partial charge in [-0.1, -0.05) is 30.3 Å². The molecule has 1 heterocycles. The zero-order valence-corrected chi connectivity index (χ0v) is 15.1.